The zero-order valence-electron chi connectivity index (χ0n) is 12.3. The molecule has 21 heavy (non-hydrogen) atoms. The molecule has 0 radical (unpaired) electrons. The van der Waals surface area contributed by atoms with Crippen molar-refractivity contribution in [3.8, 4) is 0 Å². The molecule has 0 saturated carbocycles. The average molecular weight is 312 g/mol. The third-order valence-electron chi connectivity index (χ3n) is 2.79. The molecule has 0 amide bonds. The fourth-order valence-electron chi connectivity index (χ4n) is 1.77. The summed E-state index contributed by atoms with van der Waals surface area (Å²) in [4.78, 5) is 5.06. The molecule has 1 aliphatic rings. The van der Waals surface area contributed by atoms with Crippen LogP contribution in [-0.2, 0) is 14.7 Å². The first-order valence-electron chi connectivity index (χ1n) is 6.35. The Morgan fingerprint density at radius 3 is 2.38 bits per heavy atom. The normalized spacial score (nSPS) is 16.3. The number of oxime groups is 1. The summed E-state index contributed by atoms with van der Waals surface area (Å²) in [5, 5.41) is 18.5. The molecule has 1 aromatic rings. The second-order valence-electron chi connectivity index (χ2n) is 5.12. The van der Waals surface area contributed by atoms with Crippen LogP contribution in [0.2, 0.25) is 0 Å². The quantitative estimate of drug-likeness (QED) is 0.828. The summed E-state index contributed by atoms with van der Waals surface area (Å²) >= 11 is 0. The number of nitrogens with one attached hydrogen (secondary N) is 1. The van der Waals surface area contributed by atoms with Gasteiger partial charge in [-0.3, -0.25) is 0 Å². The molecule has 2 N–H and O–H groups in total. The van der Waals surface area contributed by atoms with Crippen LogP contribution in [0.5, 0.6) is 0 Å². The van der Waals surface area contributed by atoms with Crippen LogP contribution in [-0.4, -0.2) is 42.7 Å². The molecular weight excluding hydrogens is 292 g/mol. The number of aliphatic hydroxyl groups is 1. The fourth-order valence-corrected chi connectivity index (χ4v) is 3.20. The maximum atomic E-state index is 12.2. The highest BCUT2D eigenvalue weighted by atomic mass is 32.2. The van der Waals surface area contributed by atoms with Crippen LogP contribution in [0.3, 0.4) is 0 Å². The van der Waals surface area contributed by atoms with E-state index in [1.165, 1.54) is 0 Å². The first-order valence-corrected chi connectivity index (χ1v) is 8.01. The van der Waals surface area contributed by atoms with Gasteiger partial charge in [0.2, 0.25) is 9.84 Å². The van der Waals surface area contributed by atoms with Crippen molar-refractivity contribution in [2.75, 3.05) is 12.9 Å². The van der Waals surface area contributed by atoms with Crippen molar-refractivity contribution in [3.63, 3.8) is 0 Å². The molecule has 0 fully saturated rings. The van der Waals surface area contributed by atoms with Crippen molar-refractivity contribution < 1.29 is 18.4 Å². The second kappa shape index (κ2) is 6.82. The first kappa shape index (κ1) is 17.3. The first-order chi connectivity index (χ1) is 9.80. The maximum absolute atomic E-state index is 12.2. The van der Waals surface area contributed by atoms with E-state index in [4.69, 9.17) is 15.4 Å². The Balaban J connectivity index is 0.00000106. The Kier molecular flexibility index (Phi) is 5.62. The molecule has 0 bridgehead atoms. The largest absolute Gasteiger partial charge is 0.400 e. The van der Waals surface area contributed by atoms with Crippen LogP contribution < -0.4 is 0 Å². The van der Waals surface area contributed by atoms with Gasteiger partial charge in [0.15, 0.2) is 5.04 Å². The van der Waals surface area contributed by atoms with Gasteiger partial charge in [-0.05, 0) is 19.4 Å². The van der Waals surface area contributed by atoms with Gasteiger partial charge in [0, 0.05) is 13.5 Å². The molecule has 1 aromatic carbocycles. The van der Waals surface area contributed by atoms with E-state index >= 15 is 0 Å². The summed E-state index contributed by atoms with van der Waals surface area (Å²) in [5.74, 6) is -0.352. The standard InChI is InChI=1S/C13H16N2O3S.CH4O/c1-13(2)8-12(15-18-13)19(16,17)9-11(14)10-6-4-3-5-7-10;1-2/h3-7,14H,8-9H2,1-2H3;2H,1H3. The minimum Gasteiger partial charge on any atom is -0.400 e. The number of benzene rings is 1. The second-order valence-corrected chi connectivity index (χ2v) is 7.11. The molecule has 116 valence electrons. The zero-order chi connectivity index (χ0) is 16.1. The monoisotopic (exact) mass is 312 g/mol. The summed E-state index contributed by atoms with van der Waals surface area (Å²) in [6, 6.07) is 8.80. The summed E-state index contributed by atoms with van der Waals surface area (Å²) in [7, 11) is -2.58. The lowest BCUT2D eigenvalue weighted by atomic mass is 10.1. The number of hydrogen-bond acceptors (Lipinski definition) is 6. The predicted molar refractivity (Wildman–Crippen MR) is 82.4 cm³/mol. The molecule has 0 aromatic heterocycles. The molecule has 1 heterocycles. The summed E-state index contributed by atoms with van der Waals surface area (Å²) < 4.78 is 24.3. The van der Waals surface area contributed by atoms with E-state index in [1.807, 2.05) is 6.07 Å². The van der Waals surface area contributed by atoms with Crippen molar-refractivity contribution in [3.05, 3.63) is 35.9 Å². The van der Waals surface area contributed by atoms with E-state index in [1.54, 1.807) is 38.1 Å². The van der Waals surface area contributed by atoms with E-state index in [0.717, 1.165) is 7.11 Å². The van der Waals surface area contributed by atoms with Gasteiger partial charge in [-0.2, -0.15) is 0 Å². The van der Waals surface area contributed by atoms with E-state index in [2.05, 4.69) is 5.16 Å². The summed E-state index contributed by atoms with van der Waals surface area (Å²) in [6.07, 6.45) is 0.247. The minimum atomic E-state index is -3.58. The molecule has 6 nitrogen and oxygen atoms in total. The Bertz CT molecular complexity index is 622. The number of rotatable bonds is 3. The van der Waals surface area contributed by atoms with E-state index in [9.17, 15) is 8.42 Å². The van der Waals surface area contributed by atoms with Crippen LogP contribution in [0.25, 0.3) is 0 Å². The molecule has 7 heteroatoms. The van der Waals surface area contributed by atoms with E-state index in [-0.39, 0.29) is 22.9 Å². The lowest BCUT2D eigenvalue weighted by molar-refractivity contribution is 0.0123. The molecule has 0 spiro atoms. The number of nitrogens with zero attached hydrogens (tertiary/aromatic N) is 1. The molecule has 0 unspecified atom stereocenters. The Labute approximate surface area is 124 Å². The van der Waals surface area contributed by atoms with Gasteiger partial charge in [-0.1, -0.05) is 35.5 Å². The third kappa shape index (κ3) is 4.64. The van der Waals surface area contributed by atoms with E-state index in [0.29, 0.717) is 5.56 Å². The molecule has 2 rings (SSSR count). The summed E-state index contributed by atoms with van der Waals surface area (Å²) in [5.41, 5.74) is 0.0787. The molecule has 0 atom stereocenters. The Morgan fingerprint density at radius 2 is 1.90 bits per heavy atom. The zero-order valence-corrected chi connectivity index (χ0v) is 13.1. The van der Waals surface area contributed by atoms with Gasteiger partial charge in [0.25, 0.3) is 0 Å². The minimum absolute atomic E-state index is 0.0261. The fraction of sp³-hybridized carbons (Fsp3) is 0.429. The Hall–Kier alpha value is -1.73. The maximum Gasteiger partial charge on any atom is 0.200 e. The molecule has 0 saturated heterocycles. The van der Waals surface area contributed by atoms with Crippen molar-refractivity contribution in [2.24, 2.45) is 5.16 Å². The predicted octanol–water partition coefficient (Wildman–Crippen LogP) is 1.59. The highest BCUT2D eigenvalue weighted by Gasteiger charge is 2.36. The molecule has 1 aliphatic heterocycles. The number of sulfone groups is 1. The van der Waals surface area contributed by atoms with Crippen molar-refractivity contribution in [1.29, 1.82) is 5.41 Å². The number of aliphatic hydroxyl groups excluding tert-OH is 1. The smallest absolute Gasteiger partial charge is 0.200 e. The number of hydrogen-bond donors (Lipinski definition) is 2. The van der Waals surface area contributed by atoms with Crippen LogP contribution in [0.1, 0.15) is 25.8 Å². The van der Waals surface area contributed by atoms with Crippen molar-refractivity contribution in [1.82, 2.24) is 0 Å². The summed E-state index contributed by atoms with van der Waals surface area (Å²) in [6.45, 7) is 3.56. The van der Waals surface area contributed by atoms with Gasteiger partial charge in [0.05, 0.1) is 11.5 Å². The average Bonchev–Trinajstić information content (AvgIpc) is 2.83. The van der Waals surface area contributed by atoms with Crippen molar-refractivity contribution >= 4 is 20.6 Å². The lowest BCUT2D eigenvalue weighted by Gasteiger charge is -2.13. The van der Waals surface area contributed by atoms with Gasteiger partial charge >= 0.3 is 0 Å². The van der Waals surface area contributed by atoms with Gasteiger partial charge in [-0.25, -0.2) is 8.42 Å². The van der Waals surface area contributed by atoms with Gasteiger partial charge < -0.3 is 15.4 Å². The molecule has 0 aliphatic carbocycles. The highest BCUT2D eigenvalue weighted by molar-refractivity contribution is 8.07. The Morgan fingerprint density at radius 1 is 1.33 bits per heavy atom. The van der Waals surface area contributed by atoms with Gasteiger partial charge in [-0.15, -0.1) is 0 Å². The van der Waals surface area contributed by atoms with Crippen LogP contribution in [0.15, 0.2) is 35.5 Å². The van der Waals surface area contributed by atoms with E-state index < -0.39 is 15.4 Å². The van der Waals surface area contributed by atoms with Crippen LogP contribution >= 0.6 is 0 Å². The van der Waals surface area contributed by atoms with Crippen LogP contribution in [0, 0.1) is 5.41 Å². The lowest BCUT2D eigenvalue weighted by Crippen LogP contribution is -2.26. The topological polar surface area (TPSA) is 99.8 Å². The molecular formula is C14H20N2O4S. The third-order valence-corrected chi connectivity index (χ3v) is 4.39. The highest BCUT2D eigenvalue weighted by Crippen LogP contribution is 2.25. The van der Waals surface area contributed by atoms with Crippen molar-refractivity contribution in [2.45, 2.75) is 25.9 Å². The van der Waals surface area contributed by atoms with Gasteiger partial charge in [0.1, 0.15) is 5.60 Å². The van der Waals surface area contributed by atoms with Crippen LogP contribution in [0.4, 0.5) is 0 Å². The SMILES string of the molecule is CC1(C)CC(S(=O)(=O)CC(=N)c2ccccc2)=NO1.CO.